The number of aryl methyl sites for hydroxylation is 1. The van der Waals surface area contributed by atoms with Crippen LogP contribution in [0.25, 0.3) is 10.9 Å². The highest BCUT2D eigenvalue weighted by atomic mass is 15.3. The van der Waals surface area contributed by atoms with Crippen LogP contribution < -0.4 is 0 Å². The fourth-order valence-electron chi connectivity index (χ4n) is 5.03. The van der Waals surface area contributed by atoms with E-state index in [0.29, 0.717) is 17.9 Å². The minimum absolute atomic E-state index is 0.236. The summed E-state index contributed by atoms with van der Waals surface area (Å²) in [7, 11) is 0. The van der Waals surface area contributed by atoms with E-state index in [1.807, 2.05) is 6.20 Å². The molecule has 5 rings (SSSR count). The third-order valence-corrected chi connectivity index (χ3v) is 7.74. The Morgan fingerprint density at radius 1 is 0.971 bits per heavy atom. The van der Waals surface area contributed by atoms with Crippen molar-refractivity contribution in [2.24, 2.45) is 0 Å². The van der Waals surface area contributed by atoms with Crippen molar-refractivity contribution in [2.75, 3.05) is 0 Å². The van der Waals surface area contributed by atoms with Crippen molar-refractivity contribution in [2.45, 2.75) is 90.6 Å². The van der Waals surface area contributed by atoms with Crippen molar-refractivity contribution in [1.82, 2.24) is 19.6 Å². The predicted octanol–water partition coefficient (Wildman–Crippen LogP) is 7.60. The van der Waals surface area contributed by atoms with Gasteiger partial charge in [-0.3, -0.25) is 9.36 Å². The first kappa shape index (κ1) is 22.9. The largest absolute Gasteiger partial charge is 0.265 e. The Kier molecular flexibility index (Phi) is 6.33. The maximum Gasteiger partial charge on any atom is 0.0740 e. The van der Waals surface area contributed by atoms with Gasteiger partial charge >= 0.3 is 0 Å². The SMILES string of the molecule is CCc1cnn(C(C)c2cccc(CC(C)c3ccc4c(c3)c(C3CC3)nn4[C@H](C)CC)c2)c1. The number of aromatic nitrogens is 4. The van der Waals surface area contributed by atoms with Crippen LogP contribution in [0.5, 0.6) is 0 Å². The fraction of sp³-hybridized carbons (Fsp3) is 0.467. The van der Waals surface area contributed by atoms with Crippen molar-refractivity contribution < 1.29 is 0 Å². The van der Waals surface area contributed by atoms with Gasteiger partial charge in [0.05, 0.1) is 23.4 Å². The third kappa shape index (κ3) is 4.43. The average Bonchev–Trinajstić information content (AvgIpc) is 3.46. The fourth-order valence-corrected chi connectivity index (χ4v) is 5.03. The van der Waals surface area contributed by atoms with Gasteiger partial charge in [-0.1, -0.05) is 51.1 Å². The van der Waals surface area contributed by atoms with E-state index in [1.165, 1.54) is 51.7 Å². The average molecular weight is 455 g/mol. The van der Waals surface area contributed by atoms with Gasteiger partial charge in [-0.2, -0.15) is 10.2 Å². The monoisotopic (exact) mass is 454 g/mol. The first-order valence-corrected chi connectivity index (χ1v) is 13.1. The van der Waals surface area contributed by atoms with E-state index in [-0.39, 0.29) is 6.04 Å². The minimum Gasteiger partial charge on any atom is -0.265 e. The van der Waals surface area contributed by atoms with Gasteiger partial charge in [0.2, 0.25) is 0 Å². The quantitative estimate of drug-likeness (QED) is 0.261. The summed E-state index contributed by atoms with van der Waals surface area (Å²) in [5.74, 6) is 1.11. The summed E-state index contributed by atoms with van der Waals surface area (Å²) >= 11 is 0. The Hall–Kier alpha value is -2.88. The molecule has 4 heteroatoms. The van der Waals surface area contributed by atoms with E-state index in [2.05, 4.69) is 97.7 Å². The summed E-state index contributed by atoms with van der Waals surface area (Å²) in [6, 6.07) is 16.8. The van der Waals surface area contributed by atoms with Gasteiger partial charge in [0.1, 0.15) is 0 Å². The van der Waals surface area contributed by atoms with E-state index in [9.17, 15) is 0 Å². The van der Waals surface area contributed by atoms with Gasteiger partial charge in [-0.25, -0.2) is 0 Å². The highest BCUT2D eigenvalue weighted by Gasteiger charge is 2.30. The standard InChI is InChI=1S/C30H38N4/c1-6-21(4)34-29-14-13-26(17-28(29)30(32-34)25-11-12-25)20(3)15-24-9-8-10-27(16-24)22(5)33-19-23(7-2)18-31-33/h8-10,13-14,16-22,25H,6-7,11-12,15H2,1-5H3/t20?,21-,22?/m1/s1. The van der Waals surface area contributed by atoms with Gasteiger partial charge in [0.25, 0.3) is 0 Å². The zero-order valence-corrected chi connectivity index (χ0v) is 21.3. The van der Waals surface area contributed by atoms with Gasteiger partial charge in [-0.15, -0.1) is 0 Å². The van der Waals surface area contributed by atoms with Crippen LogP contribution in [0.3, 0.4) is 0 Å². The third-order valence-electron chi connectivity index (χ3n) is 7.74. The van der Waals surface area contributed by atoms with Crippen molar-refractivity contribution in [3.8, 4) is 0 Å². The smallest absolute Gasteiger partial charge is 0.0740 e. The molecule has 0 bridgehead atoms. The van der Waals surface area contributed by atoms with Crippen LogP contribution in [0.1, 0.15) is 106 Å². The molecule has 2 heterocycles. The van der Waals surface area contributed by atoms with Crippen molar-refractivity contribution in [1.29, 1.82) is 0 Å². The molecule has 178 valence electrons. The molecule has 1 saturated carbocycles. The summed E-state index contributed by atoms with van der Waals surface area (Å²) in [5.41, 5.74) is 8.03. The summed E-state index contributed by atoms with van der Waals surface area (Å²) in [6.45, 7) is 11.3. The van der Waals surface area contributed by atoms with Crippen LogP contribution in [0.2, 0.25) is 0 Å². The molecular weight excluding hydrogens is 416 g/mol. The Bertz CT molecular complexity index is 1280. The van der Waals surface area contributed by atoms with Crippen molar-refractivity contribution in [3.63, 3.8) is 0 Å². The van der Waals surface area contributed by atoms with Gasteiger partial charge in [0, 0.05) is 23.5 Å². The molecule has 0 saturated heterocycles. The number of hydrogen-bond acceptors (Lipinski definition) is 2. The summed E-state index contributed by atoms with van der Waals surface area (Å²) < 4.78 is 4.35. The van der Waals surface area contributed by atoms with Gasteiger partial charge in [0.15, 0.2) is 0 Å². The highest BCUT2D eigenvalue weighted by Crippen LogP contribution is 2.43. The van der Waals surface area contributed by atoms with E-state index < -0.39 is 0 Å². The molecule has 0 N–H and O–H groups in total. The maximum absolute atomic E-state index is 5.08. The normalized spacial score (nSPS) is 16.6. The Balaban J connectivity index is 1.39. The van der Waals surface area contributed by atoms with Crippen LogP contribution >= 0.6 is 0 Å². The molecule has 0 aliphatic heterocycles. The van der Waals surface area contributed by atoms with Crippen molar-refractivity contribution in [3.05, 3.63) is 82.8 Å². The topological polar surface area (TPSA) is 35.6 Å². The van der Waals surface area contributed by atoms with Crippen LogP contribution in [-0.2, 0) is 12.8 Å². The lowest BCUT2D eigenvalue weighted by Gasteiger charge is -2.17. The molecule has 34 heavy (non-hydrogen) atoms. The van der Waals surface area contributed by atoms with Crippen LogP contribution in [-0.4, -0.2) is 19.6 Å². The van der Waals surface area contributed by atoms with Crippen LogP contribution in [0, 0.1) is 0 Å². The van der Waals surface area contributed by atoms with E-state index in [1.54, 1.807) is 0 Å². The summed E-state index contributed by atoms with van der Waals surface area (Å²) in [4.78, 5) is 0. The minimum atomic E-state index is 0.236. The lowest BCUT2D eigenvalue weighted by Crippen LogP contribution is -2.08. The molecule has 4 nitrogen and oxygen atoms in total. The molecule has 1 aliphatic carbocycles. The highest BCUT2D eigenvalue weighted by molar-refractivity contribution is 5.84. The second-order valence-corrected chi connectivity index (χ2v) is 10.3. The van der Waals surface area contributed by atoms with Crippen molar-refractivity contribution >= 4 is 10.9 Å². The summed E-state index contributed by atoms with van der Waals surface area (Å²) in [6.07, 6.45) is 9.88. The Morgan fingerprint density at radius 3 is 2.50 bits per heavy atom. The molecular formula is C30H38N4. The molecule has 0 amide bonds. The van der Waals surface area contributed by atoms with Gasteiger partial charge in [-0.05, 0) is 86.3 Å². The second-order valence-electron chi connectivity index (χ2n) is 10.3. The molecule has 0 radical (unpaired) electrons. The molecule has 1 aliphatic rings. The van der Waals surface area contributed by atoms with Gasteiger partial charge < -0.3 is 0 Å². The Morgan fingerprint density at radius 2 is 1.79 bits per heavy atom. The number of fused-ring (bicyclic) bond motifs is 1. The zero-order chi connectivity index (χ0) is 23.8. The number of rotatable bonds is 9. The predicted molar refractivity (Wildman–Crippen MR) is 141 cm³/mol. The zero-order valence-electron chi connectivity index (χ0n) is 21.3. The molecule has 2 unspecified atom stereocenters. The lowest BCUT2D eigenvalue weighted by atomic mass is 9.91. The molecule has 2 aromatic heterocycles. The Labute approximate surface area is 204 Å². The molecule has 1 fully saturated rings. The molecule has 3 atom stereocenters. The number of hydrogen-bond donors (Lipinski definition) is 0. The van der Waals surface area contributed by atoms with E-state index in [0.717, 1.165) is 19.3 Å². The number of benzene rings is 2. The van der Waals surface area contributed by atoms with Crippen LogP contribution in [0.4, 0.5) is 0 Å². The second kappa shape index (κ2) is 9.40. The van der Waals surface area contributed by atoms with E-state index in [4.69, 9.17) is 5.10 Å². The molecule has 2 aromatic carbocycles. The number of nitrogens with zero attached hydrogens (tertiary/aromatic N) is 4. The summed E-state index contributed by atoms with van der Waals surface area (Å²) in [5, 5.41) is 11.0. The molecule has 0 spiro atoms. The first-order valence-electron chi connectivity index (χ1n) is 13.1. The van der Waals surface area contributed by atoms with E-state index >= 15 is 0 Å². The lowest BCUT2D eigenvalue weighted by molar-refractivity contribution is 0.488. The first-order chi connectivity index (χ1) is 16.5. The molecule has 4 aromatic rings. The van der Waals surface area contributed by atoms with Crippen LogP contribution in [0.15, 0.2) is 54.9 Å². The maximum atomic E-state index is 5.08.